The van der Waals surface area contributed by atoms with Crippen molar-refractivity contribution in [1.29, 1.82) is 0 Å². The van der Waals surface area contributed by atoms with Gasteiger partial charge in [-0.3, -0.25) is 9.59 Å². The minimum atomic E-state index is -1.70. The molecule has 2 amide bonds. The first-order valence-corrected chi connectivity index (χ1v) is 17.3. The van der Waals surface area contributed by atoms with Gasteiger partial charge in [0.05, 0.1) is 12.1 Å². The molecular formula is C38H40Br2N2O8. The van der Waals surface area contributed by atoms with Crippen molar-refractivity contribution in [1.82, 2.24) is 10.6 Å². The molecule has 0 aliphatic carbocycles. The van der Waals surface area contributed by atoms with Gasteiger partial charge in [-0.1, -0.05) is 119 Å². The summed E-state index contributed by atoms with van der Waals surface area (Å²) in [5, 5.41) is 43.4. The fourth-order valence-corrected chi connectivity index (χ4v) is 6.15. The molecule has 4 rings (SSSR count). The number of carbonyl (C=O) groups excluding carboxylic acids is 2. The van der Waals surface area contributed by atoms with E-state index in [-0.39, 0.29) is 12.8 Å². The Bertz CT molecular complexity index is 1770. The third-order valence-corrected chi connectivity index (χ3v) is 9.36. The zero-order valence-electron chi connectivity index (χ0n) is 27.7. The number of carboxylic acid groups (broad SMARTS) is 2. The average molecular weight is 813 g/mol. The number of hydrogen-bond acceptors (Lipinski definition) is 6. The quantitative estimate of drug-likeness (QED) is 0.0969. The Balaban J connectivity index is 0.000000271. The van der Waals surface area contributed by atoms with Crippen molar-refractivity contribution in [2.75, 3.05) is 0 Å². The zero-order valence-corrected chi connectivity index (χ0v) is 30.9. The summed E-state index contributed by atoms with van der Waals surface area (Å²) in [4.78, 5) is 47.3. The maximum atomic E-state index is 12.6. The minimum absolute atomic E-state index is 0.214. The summed E-state index contributed by atoms with van der Waals surface area (Å²) in [7, 11) is 0. The Labute approximate surface area is 307 Å². The summed E-state index contributed by atoms with van der Waals surface area (Å²) >= 11 is 6.83. The van der Waals surface area contributed by atoms with Crippen LogP contribution >= 0.6 is 31.9 Å². The lowest BCUT2D eigenvalue weighted by Crippen LogP contribution is -2.48. The van der Waals surface area contributed by atoms with Crippen LogP contribution < -0.4 is 10.6 Å². The van der Waals surface area contributed by atoms with Gasteiger partial charge in [-0.2, -0.15) is 0 Å². The number of benzene rings is 4. The number of carbonyl (C=O) groups is 4. The predicted molar refractivity (Wildman–Crippen MR) is 197 cm³/mol. The van der Waals surface area contributed by atoms with Gasteiger partial charge in [0.1, 0.15) is 0 Å². The fourth-order valence-electron chi connectivity index (χ4n) is 4.94. The summed E-state index contributed by atoms with van der Waals surface area (Å²) in [6.45, 7) is 6.01. The Morgan fingerprint density at radius 2 is 1.02 bits per heavy atom. The number of hydrogen-bond donors (Lipinski definition) is 6. The summed E-state index contributed by atoms with van der Waals surface area (Å²) in [6, 6.07) is 26.7. The number of rotatable bonds is 13. The number of aryl methyl sites for hydroxylation is 1. The van der Waals surface area contributed by atoms with Gasteiger partial charge >= 0.3 is 11.9 Å². The summed E-state index contributed by atoms with van der Waals surface area (Å²) in [5.74, 6) is -3.30. The van der Waals surface area contributed by atoms with E-state index in [0.29, 0.717) is 17.0 Å². The van der Waals surface area contributed by atoms with E-state index < -0.39 is 48.0 Å². The van der Waals surface area contributed by atoms with Crippen molar-refractivity contribution in [2.24, 2.45) is 0 Å². The fraction of sp³-hybridized carbons (Fsp3) is 0.263. The molecule has 0 unspecified atom stereocenters. The molecule has 6 N–H and O–H groups in total. The van der Waals surface area contributed by atoms with Crippen LogP contribution in [-0.4, -0.2) is 68.5 Å². The van der Waals surface area contributed by atoms with Crippen molar-refractivity contribution in [3.63, 3.8) is 0 Å². The van der Waals surface area contributed by atoms with Crippen molar-refractivity contribution in [2.45, 2.75) is 63.8 Å². The number of carboxylic acids is 2. The lowest BCUT2D eigenvalue weighted by Gasteiger charge is -2.22. The van der Waals surface area contributed by atoms with Crippen molar-refractivity contribution in [3.8, 4) is 0 Å². The summed E-state index contributed by atoms with van der Waals surface area (Å²) in [6.07, 6.45) is -2.96. The molecule has 0 aliphatic rings. The molecule has 0 saturated heterocycles. The summed E-state index contributed by atoms with van der Waals surface area (Å²) in [5.41, 5.74) is 4.51. The van der Waals surface area contributed by atoms with Gasteiger partial charge in [0.25, 0.3) is 11.8 Å². The van der Waals surface area contributed by atoms with E-state index in [2.05, 4.69) is 56.3 Å². The van der Waals surface area contributed by atoms with Gasteiger partial charge in [0.15, 0.2) is 12.2 Å². The molecule has 50 heavy (non-hydrogen) atoms. The van der Waals surface area contributed by atoms with E-state index >= 15 is 0 Å². The highest BCUT2D eigenvalue weighted by Gasteiger charge is 2.29. The molecule has 4 aromatic rings. The van der Waals surface area contributed by atoms with Gasteiger partial charge in [-0.05, 0) is 72.2 Å². The summed E-state index contributed by atoms with van der Waals surface area (Å²) < 4.78 is 1.60. The number of aliphatic hydroxyl groups is 2. The largest absolute Gasteiger partial charge is 0.479 e. The van der Waals surface area contributed by atoms with Crippen molar-refractivity contribution >= 4 is 55.6 Å². The highest BCUT2D eigenvalue weighted by atomic mass is 79.9. The highest BCUT2D eigenvalue weighted by molar-refractivity contribution is 9.10. The molecule has 0 heterocycles. The third-order valence-electron chi connectivity index (χ3n) is 7.82. The molecular weight excluding hydrogens is 772 g/mol. The van der Waals surface area contributed by atoms with E-state index in [4.69, 9.17) is 10.2 Å². The zero-order chi connectivity index (χ0) is 37.0. The van der Waals surface area contributed by atoms with E-state index in [1.54, 1.807) is 30.3 Å². The number of amides is 2. The Hall–Kier alpha value is -4.36. The van der Waals surface area contributed by atoms with Gasteiger partial charge < -0.3 is 31.1 Å². The second kappa shape index (κ2) is 19.1. The van der Waals surface area contributed by atoms with Gasteiger partial charge in [-0.15, -0.1) is 0 Å². The smallest absolute Gasteiger partial charge is 0.334 e. The van der Waals surface area contributed by atoms with Crippen molar-refractivity contribution < 1.29 is 39.6 Å². The van der Waals surface area contributed by atoms with E-state index in [0.717, 1.165) is 31.2 Å². The molecule has 0 radical (unpaired) electrons. The monoisotopic (exact) mass is 810 g/mol. The highest BCUT2D eigenvalue weighted by Crippen LogP contribution is 2.26. The number of halogens is 2. The third kappa shape index (κ3) is 11.9. The molecule has 4 atom stereocenters. The van der Waals surface area contributed by atoms with Gasteiger partial charge in [-0.25, -0.2) is 9.59 Å². The molecule has 0 fully saturated rings. The van der Waals surface area contributed by atoms with Crippen LogP contribution in [0.4, 0.5) is 0 Å². The molecule has 264 valence electrons. The Kier molecular flexibility index (Phi) is 15.3. The van der Waals surface area contributed by atoms with Crippen LogP contribution in [0.15, 0.2) is 106 Å². The maximum absolute atomic E-state index is 12.6. The van der Waals surface area contributed by atoms with E-state index in [1.807, 2.05) is 73.7 Å². The van der Waals surface area contributed by atoms with E-state index in [1.165, 1.54) is 0 Å². The van der Waals surface area contributed by atoms with Gasteiger partial charge in [0, 0.05) is 20.1 Å². The van der Waals surface area contributed by atoms with Crippen LogP contribution in [0.2, 0.25) is 0 Å². The first-order valence-electron chi connectivity index (χ1n) is 15.7. The van der Waals surface area contributed by atoms with Crippen LogP contribution in [0.1, 0.15) is 62.7 Å². The lowest BCUT2D eigenvalue weighted by atomic mass is 9.99. The number of nitrogens with one attached hydrogen (secondary N) is 2. The second-order valence-corrected chi connectivity index (χ2v) is 13.7. The average Bonchev–Trinajstić information content (AvgIpc) is 3.09. The standard InChI is InChI=1S/C20H22BrNO4.C18H18BrNO4/c1-12(2)15-9-8-14(11-16(15)21)19(24)22-17(18(23)20(25)26)10-13-6-4-3-5-7-13;1-11-7-8-13(10-14(11)19)17(22)20-15(16(21)18(23)24)9-12-5-3-2-4-6-12/h3-9,11-12,17-18,23H,10H2,1-2H3,(H,22,24)(H,25,26);2-8,10,15-16,21H,9H2,1H3,(H,20,22)(H,23,24)/t17-,18-;15-,16-/m11/s1. The van der Waals surface area contributed by atoms with Crippen LogP contribution in [0.3, 0.4) is 0 Å². The van der Waals surface area contributed by atoms with E-state index in [9.17, 15) is 29.4 Å². The molecule has 12 heteroatoms. The molecule has 0 saturated carbocycles. The molecule has 0 aromatic heterocycles. The Morgan fingerprint density at radius 3 is 1.38 bits per heavy atom. The van der Waals surface area contributed by atoms with Crippen LogP contribution in [0, 0.1) is 6.92 Å². The Morgan fingerprint density at radius 1 is 0.620 bits per heavy atom. The lowest BCUT2D eigenvalue weighted by molar-refractivity contribution is -0.148. The van der Waals surface area contributed by atoms with Gasteiger partial charge in [0.2, 0.25) is 0 Å². The first kappa shape index (κ1) is 40.1. The number of aliphatic hydroxyl groups excluding tert-OH is 2. The maximum Gasteiger partial charge on any atom is 0.334 e. The normalized spacial score (nSPS) is 13.2. The molecule has 0 spiro atoms. The predicted octanol–water partition coefficient (Wildman–Crippen LogP) is 5.90. The first-order chi connectivity index (χ1) is 23.7. The minimum Gasteiger partial charge on any atom is -0.479 e. The second-order valence-electron chi connectivity index (χ2n) is 12.0. The molecule has 0 bridgehead atoms. The van der Waals surface area contributed by atoms with Crippen LogP contribution in [0.25, 0.3) is 0 Å². The topological polar surface area (TPSA) is 173 Å². The molecule has 10 nitrogen and oxygen atoms in total. The number of aliphatic carboxylic acids is 2. The van der Waals surface area contributed by atoms with Crippen LogP contribution in [0.5, 0.6) is 0 Å². The van der Waals surface area contributed by atoms with Crippen molar-refractivity contribution in [3.05, 3.63) is 139 Å². The van der Waals surface area contributed by atoms with Crippen LogP contribution in [-0.2, 0) is 22.4 Å². The molecule has 0 aliphatic heterocycles. The SMILES string of the molecule is CC(C)c1ccc(C(=O)N[C@H](Cc2ccccc2)[C@@H](O)C(=O)O)cc1Br.Cc1ccc(C(=O)N[C@H](Cc2ccccc2)[C@@H](O)C(=O)O)cc1Br. The molecule has 4 aromatic carbocycles.